The molecule has 0 saturated carbocycles. The normalized spacial score (nSPS) is 10.4. The average molecular weight is 372 g/mol. The van der Waals surface area contributed by atoms with Crippen LogP contribution in [0.2, 0.25) is 0 Å². The Kier molecular flexibility index (Phi) is 4.56. The molecule has 0 aliphatic carbocycles. The van der Waals surface area contributed by atoms with Crippen LogP contribution in [0.3, 0.4) is 0 Å². The summed E-state index contributed by atoms with van der Waals surface area (Å²) < 4.78 is 6.58. The highest BCUT2D eigenvalue weighted by Gasteiger charge is 2.12. The summed E-state index contributed by atoms with van der Waals surface area (Å²) in [6.07, 6.45) is 0. The minimum atomic E-state index is 0.476. The minimum Gasteiger partial charge on any atom is -0.411 e. The molecule has 0 saturated heterocycles. The Morgan fingerprint density at radius 1 is 1.09 bits per heavy atom. The zero-order chi connectivity index (χ0) is 15.4. The van der Waals surface area contributed by atoms with Crippen molar-refractivity contribution in [3.05, 3.63) is 64.1 Å². The molecule has 0 amide bonds. The number of rotatable bonds is 4. The molecule has 1 heterocycles. The van der Waals surface area contributed by atoms with Crippen molar-refractivity contribution in [1.29, 1.82) is 5.26 Å². The highest BCUT2D eigenvalue weighted by atomic mass is 79.9. The van der Waals surface area contributed by atoms with Gasteiger partial charge in [0.1, 0.15) is 0 Å². The molecule has 0 aliphatic rings. The van der Waals surface area contributed by atoms with Crippen molar-refractivity contribution >= 4 is 27.7 Å². The molecular formula is C16H10BrN3OS. The topological polar surface area (TPSA) is 62.7 Å². The summed E-state index contributed by atoms with van der Waals surface area (Å²) in [5.74, 6) is 1.09. The average Bonchev–Trinajstić information content (AvgIpc) is 3.02. The van der Waals surface area contributed by atoms with Crippen LogP contribution in [0.4, 0.5) is 0 Å². The predicted octanol–water partition coefficient (Wildman–Crippen LogP) is 4.66. The van der Waals surface area contributed by atoms with Crippen LogP contribution in [0.15, 0.2) is 62.6 Å². The largest absolute Gasteiger partial charge is 0.411 e. The van der Waals surface area contributed by atoms with Crippen molar-refractivity contribution in [3.63, 3.8) is 0 Å². The molecule has 0 N–H and O–H groups in total. The first-order valence-electron chi connectivity index (χ1n) is 6.47. The lowest BCUT2D eigenvalue weighted by Gasteiger charge is -2.00. The summed E-state index contributed by atoms with van der Waals surface area (Å²) in [6, 6.07) is 17.4. The Morgan fingerprint density at radius 2 is 1.86 bits per heavy atom. The van der Waals surface area contributed by atoms with Crippen molar-refractivity contribution in [2.75, 3.05) is 0 Å². The fourth-order valence-electron chi connectivity index (χ4n) is 1.91. The molecule has 22 heavy (non-hydrogen) atoms. The summed E-state index contributed by atoms with van der Waals surface area (Å²) in [7, 11) is 0. The maximum Gasteiger partial charge on any atom is 0.277 e. The van der Waals surface area contributed by atoms with Gasteiger partial charge in [-0.3, -0.25) is 0 Å². The molecule has 0 aliphatic heterocycles. The van der Waals surface area contributed by atoms with Gasteiger partial charge in [0.05, 0.1) is 17.2 Å². The van der Waals surface area contributed by atoms with Gasteiger partial charge >= 0.3 is 0 Å². The van der Waals surface area contributed by atoms with Gasteiger partial charge in [0.15, 0.2) is 0 Å². The molecule has 1 aromatic heterocycles. The van der Waals surface area contributed by atoms with Crippen molar-refractivity contribution in [2.45, 2.75) is 11.0 Å². The predicted molar refractivity (Wildman–Crippen MR) is 88.2 cm³/mol. The molecule has 2 aromatic carbocycles. The van der Waals surface area contributed by atoms with Crippen molar-refractivity contribution < 1.29 is 4.42 Å². The summed E-state index contributed by atoms with van der Waals surface area (Å²) in [4.78, 5) is 0. The van der Waals surface area contributed by atoms with Crippen LogP contribution in [-0.2, 0) is 5.75 Å². The van der Waals surface area contributed by atoms with Crippen LogP contribution < -0.4 is 0 Å². The third-order valence-corrected chi connectivity index (χ3v) is 4.56. The molecule has 0 unspecified atom stereocenters. The standard InChI is InChI=1S/C16H10BrN3OS/c17-14-8-4-3-7-13(14)15-19-20-16(21-15)22-10-12-6-2-1-5-11(12)9-18/h1-8H,10H2. The third-order valence-electron chi connectivity index (χ3n) is 3.00. The van der Waals surface area contributed by atoms with Gasteiger partial charge < -0.3 is 4.42 Å². The van der Waals surface area contributed by atoms with E-state index in [1.165, 1.54) is 11.8 Å². The number of benzene rings is 2. The van der Waals surface area contributed by atoms with E-state index in [1.807, 2.05) is 42.5 Å². The molecule has 0 fully saturated rings. The Bertz CT molecular complexity index is 841. The van der Waals surface area contributed by atoms with E-state index >= 15 is 0 Å². The summed E-state index contributed by atoms with van der Waals surface area (Å²) in [5.41, 5.74) is 2.48. The SMILES string of the molecule is N#Cc1ccccc1CSc1nnc(-c2ccccc2Br)o1. The zero-order valence-corrected chi connectivity index (χ0v) is 13.8. The van der Waals surface area contributed by atoms with Gasteiger partial charge in [-0.2, -0.15) is 5.26 Å². The summed E-state index contributed by atoms with van der Waals surface area (Å²) >= 11 is 4.88. The maximum atomic E-state index is 9.08. The van der Waals surface area contributed by atoms with Gasteiger partial charge in [0.25, 0.3) is 5.22 Å². The maximum absolute atomic E-state index is 9.08. The number of thioether (sulfide) groups is 1. The number of halogens is 1. The smallest absolute Gasteiger partial charge is 0.277 e. The van der Waals surface area contributed by atoms with Crippen LogP contribution >= 0.6 is 27.7 Å². The highest BCUT2D eigenvalue weighted by Crippen LogP contribution is 2.30. The van der Waals surface area contributed by atoms with E-state index in [-0.39, 0.29) is 0 Å². The molecule has 0 atom stereocenters. The first-order chi connectivity index (χ1) is 10.8. The van der Waals surface area contributed by atoms with Crippen molar-refractivity contribution in [2.24, 2.45) is 0 Å². The Balaban J connectivity index is 1.76. The third kappa shape index (κ3) is 3.21. The van der Waals surface area contributed by atoms with E-state index in [9.17, 15) is 0 Å². The van der Waals surface area contributed by atoms with Gasteiger partial charge in [0.2, 0.25) is 5.89 Å². The molecular weight excluding hydrogens is 362 g/mol. The molecule has 4 nitrogen and oxygen atoms in total. The fourth-order valence-corrected chi connectivity index (χ4v) is 3.13. The quantitative estimate of drug-likeness (QED) is 0.623. The minimum absolute atomic E-state index is 0.476. The van der Waals surface area contributed by atoms with Crippen LogP contribution in [0.1, 0.15) is 11.1 Å². The summed E-state index contributed by atoms with van der Waals surface area (Å²) in [5, 5.41) is 17.7. The van der Waals surface area contributed by atoms with Crippen LogP contribution in [0.5, 0.6) is 0 Å². The highest BCUT2D eigenvalue weighted by molar-refractivity contribution is 9.10. The van der Waals surface area contributed by atoms with E-state index in [2.05, 4.69) is 32.2 Å². The van der Waals surface area contributed by atoms with E-state index < -0.39 is 0 Å². The molecule has 6 heteroatoms. The first kappa shape index (κ1) is 14.8. The van der Waals surface area contributed by atoms with E-state index in [0.29, 0.717) is 22.4 Å². The molecule has 108 valence electrons. The number of nitrogens with zero attached hydrogens (tertiary/aromatic N) is 3. The number of aromatic nitrogens is 2. The second kappa shape index (κ2) is 6.77. The zero-order valence-electron chi connectivity index (χ0n) is 11.4. The Morgan fingerprint density at radius 3 is 2.68 bits per heavy atom. The van der Waals surface area contributed by atoms with Gasteiger partial charge in [-0.15, -0.1) is 10.2 Å². The lowest BCUT2D eigenvalue weighted by Crippen LogP contribution is -1.86. The second-order valence-corrected chi connectivity index (χ2v) is 6.19. The number of hydrogen-bond acceptors (Lipinski definition) is 5. The lowest BCUT2D eigenvalue weighted by atomic mass is 10.1. The number of hydrogen-bond donors (Lipinski definition) is 0. The van der Waals surface area contributed by atoms with E-state index in [0.717, 1.165) is 15.6 Å². The first-order valence-corrected chi connectivity index (χ1v) is 8.25. The Labute approximate surface area is 140 Å². The van der Waals surface area contributed by atoms with Crippen molar-refractivity contribution in [3.8, 4) is 17.5 Å². The summed E-state index contributed by atoms with van der Waals surface area (Å²) in [6.45, 7) is 0. The van der Waals surface area contributed by atoms with Crippen LogP contribution in [0.25, 0.3) is 11.5 Å². The molecule has 0 spiro atoms. The van der Waals surface area contributed by atoms with Gasteiger partial charge in [-0.05, 0) is 39.7 Å². The van der Waals surface area contributed by atoms with Gasteiger partial charge in [-0.1, -0.05) is 42.1 Å². The Hall–Kier alpha value is -2.10. The van der Waals surface area contributed by atoms with Crippen molar-refractivity contribution in [1.82, 2.24) is 10.2 Å². The second-order valence-electron chi connectivity index (χ2n) is 4.41. The fraction of sp³-hybridized carbons (Fsp3) is 0.0625. The molecule has 0 radical (unpaired) electrons. The lowest BCUT2D eigenvalue weighted by molar-refractivity contribution is 0.465. The molecule has 3 aromatic rings. The van der Waals surface area contributed by atoms with Crippen LogP contribution in [-0.4, -0.2) is 10.2 Å². The molecule has 3 rings (SSSR count). The van der Waals surface area contributed by atoms with E-state index in [4.69, 9.17) is 9.68 Å². The van der Waals surface area contributed by atoms with Crippen LogP contribution in [0, 0.1) is 11.3 Å². The van der Waals surface area contributed by atoms with Gasteiger partial charge in [-0.25, -0.2) is 0 Å². The van der Waals surface area contributed by atoms with Gasteiger partial charge in [0, 0.05) is 10.2 Å². The monoisotopic (exact) mass is 371 g/mol. The van der Waals surface area contributed by atoms with E-state index in [1.54, 1.807) is 6.07 Å². The molecule has 0 bridgehead atoms. The number of nitriles is 1.